The van der Waals surface area contributed by atoms with Gasteiger partial charge in [-0.1, -0.05) is 12.1 Å². The van der Waals surface area contributed by atoms with Gasteiger partial charge < -0.3 is 10.0 Å². The minimum absolute atomic E-state index is 0.123. The number of carboxylic acid groups (broad SMARTS) is 1. The largest absolute Gasteiger partial charge is 0.481 e. The van der Waals surface area contributed by atoms with Crippen molar-refractivity contribution in [3.8, 4) is 6.07 Å². The zero-order chi connectivity index (χ0) is 13.7. The molecular weight excluding hydrogens is 232 g/mol. The highest BCUT2D eigenvalue weighted by Crippen LogP contribution is 2.12. The number of rotatable bonds is 4. The van der Waals surface area contributed by atoms with E-state index in [-0.39, 0.29) is 6.42 Å². The van der Waals surface area contributed by atoms with Crippen molar-refractivity contribution < 1.29 is 14.7 Å². The van der Waals surface area contributed by atoms with Crippen molar-refractivity contribution in [1.29, 1.82) is 5.26 Å². The first kappa shape index (κ1) is 13.7. The number of hydrogen-bond acceptors (Lipinski definition) is 3. The highest BCUT2D eigenvalue weighted by Gasteiger charge is 2.27. The van der Waals surface area contributed by atoms with Gasteiger partial charge in [-0.3, -0.25) is 9.59 Å². The minimum atomic E-state index is -1.14. The van der Waals surface area contributed by atoms with E-state index < -0.39 is 17.8 Å². The van der Waals surface area contributed by atoms with Gasteiger partial charge in [0.15, 0.2) is 0 Å². The third-order valence-electron chi connectivity index (χ3n) is 2.56. The fourth-order valence-corrected chi connectivity index (χ4v) is 1.54. The van der Waals surface area contributed by atoms with E-state index in [9.17, 15) is 9.59 Å². The standard InChI is InChI=1S/C13H14N2O3/c1-15(2)12(16)11(13(17)18)7-9-3-5-10(8-14)6-4-9/h3-6,11H,7H2,1-2H3,(H,17,18)/t11-/m0/s1. The molecular formula is C13H14N2O3. The topological polar surface area (TPSA) is 81.4 Å². The van der Waals surface area contributed by atoms with E-state index in [0.717, 1.165) is 5.56 Å². The highest BCUT2D eigenvalue weighted by molar-refractivity contribution is 5.97. The third kappa shape index (κ3) is 3.32. The van der Waals surface area contributed by atoms with Crippen molar-refractivity contribution in [2.45, 2.75) is 6.42 Å². The Labute approximate surface area is 105 Å². The van der Waals surface area contributed by atoms with Gasteiger partial charge in [0.2, 0.25) is 5.91 Å². The van der Waals surface area contributed by atoms with Crippen LogP contribution in [0.4, 0.5) is 0 Å². The molecule has 0 radical (unpaired) electrons. The van der Waals surface area contributed by atoms with Gasteiger partial charge in [0.05, 0.1) is 11.6 Å². The maximum atomic E-state index is 11.7. The fraction of sp³-hybridized carbons (Fsp3) is 0.308. The first-order valence-corrected chi connectivity index (χ1v) is 5.38. The van der Waals surface area contributed by atoms with E-state index in [0.29, 0.717) is 5.56 Å². The lowest BCUT2D eigenvalue weighted by Crippen LogP contribution is -2.35. The highest BCUT2D eigenvalue weighted by atomic mass is 16.4. The lowest BCUT2D eigenvalue weighted by atomic mass is 9.97. The monoisotopic (exact) mass is 246 g/mol. The lowest BCUT2D eigenvalue weighted by Gasteiger charge is -2.17. The van der Waals surface area contributed by atoms with E-state index in [1.165, 1.54) is 19.0 Å². The van der Waals surface area contributed by atoms with Crippen LogP contribution in [0.5, 0.6) is 0 Å². The second-order valence-corrected chi connectivity index (χ2v) is 4.14. The SMILES string of the molecule is CN(C)C(=O)[C@H](Cc1ccc(C#N)cc1)C(=O)O. The van der Waals surface area contributed by atoms with Crippen LogP contribution in [0.3, 0.4) is 0 Å². The zero-order valence-electron chi connectivity index (χ0n) is 10.3. The number of nitriles is 1. The molecule has 94 valence electrons. The van der Waals surface area contributed by atoms with Crippen LogP contribution in [0.15, 0.2) is 24.3 Å². The summed E-state index contributed by atoms with van der Waals surface area (Å²) in [5, 5.41) is 17.7. The normalized spacial score (nSPS) is 11.4. The molecule has 0 spiro atoms. The molecule has 1 rings (SSSR count). The summed E-state index contributed by atoms with van der Waals surface area (Å²) in [6, 6.07) is 8.52. The number of aliphatic carboxylic acids is 1. The van der Waals surface area contributed by atoms with E-state index in [1.807, 2.05) is 6.07 Å². The van der Waals surface area contributed by atoms with Gasteiger partial charge in [-0.25, -0.2) is 0 Å². The maximum absolute atomic E-state index is 11.7. The summed E-state index contributed by atoms with van der Waals surface area (Å²) in [7, 11) is 3.05. The van der Waals surface area contributed by atoms with Crippen molar-refractivity contribution in [2.24, 2.45) is 5.92 Å². The number of hydrogen-bond donors (Lipinski definition) is 1. The fourth-order valence-electron chi connectivity index (χ4n) is 1.54. The Balaban J connectivity index is 2.87. The van der Waals surface area contributed by atoms with Crippen LogP contribution in [-0.2, 0) is 16.0 Å². The zero-order valence-corrected chi connectivity index (χ0v) is 10.3. The number of carboxylic acids is 1. The van der Waals surface area contributed by atoms with Crippen molar-refractivity contribution >= 4 is 11.9 Å². The molecule has 1 amide bonds. The van der Waals surface area contributed by atoms with Crippen LogP contribution in [-0.4, -0.2) is 36.0 Å². The Hall–Kier alpha value is -2.35. The quantitative estimate of drug-likeness (QED) is 0.800. The average molecular weight is 246 g/mol. The van der Waals surface area contributed by atoms with Crippen molar-refractivity contribution in [3.63, 3.8) is 0 Å². The molecule has 18 heavy (non-hydrogen) atoms. The second kappa shape index (κ2) is 5.82. The molecule has 1 atom stereocenters. The number of carbonyl (C=O) groups excluding carboxylic acids is 1. The van der Waals surface area contributed by atoms with Crippen molar-refractivity contribution in [2.75, 3.05) is 14.1 Å². The predicted octanol–water partition coefficient (Wildman–Crippen LogP) is 0.890. The van der Waals surface area contributed by atoms with E-state index in [1.54, 1.807) is 24.3 Å². The van der Waals surface area contributed by atoms with Crippen LogP contribution < -0.4 is 0 Å². The summed E-state index contributed by atoms with van der Waals surface area (Å²) in [4.78, 5) is 24.0. The maximum Gasteiger partial charge on any atom is 0.316 e. The molecule has 0 fully saturated rings. The molecule has 1 aromatic rings. The number of nitrogens with zero attached hydrogens (tertiary/aromatic N) is 2. The molecule has 0 saturated carbocycles. The van der Waals surface area contributed by atoms with Crippen LogP contribution >= 0.6 is 0 Å². The van der Waals surface area contributed by atoms with Crippen LogP contribution in [0.1, 0.15) is 11.1 Å². The van der Waals surface area contributed by atoms with Gasteiger partial charge in [-0.15, -0.1) is 0 Å². The summed E-state index contributed by atoms with van der Waals surface area (Å²) in [6.45, 7) is 0. The minimum Gasteiger partial charge on any atom is -0.481 e. The molecule has 1 N–H and O–H groups in total. The summed E-state index contributed by atoms with van der Waals surface area (Å²) in [5.74, 6) is -2.67. The molecule has 1 aromatic carbocycles. The number of benzene rings is 1. The molecule has 0 bridgehead atoms. The molecule has 0 unspecified atom stereocenters. The molecule has 0 heterocycles. The summed E-state index contributed by atoms with van der Waals surface area (Å²) >= 11 is 0. The van der Waals surface area contributed by atoms with E-state index in [2.05, 4.69) is 0 Å². The number of amides is 1. The Kier molecular flexibility index (Phi) is 4.44. The Bertz CT molecular complexity index is 486. The molecule has 0 aromatic heterocycles. The van der Waals surface area contributed by atoms with Crippen molar-refractivity contribution in [3.05, 3.63) is 35.4 Å². The van der Waals surface area contributed by atoms with Gasteiger partial charge in [-0.2, -0.15) is 5.26 Å². The first-order chi connectivity index (χ1) is 8.45. The van der Waals surface area contributed by atoms with E-state index >= 15 is 0 Å². The molecule has 0 aliphatic heterocycles. The smallest absolute Gasteiger partial charge is 0.316 e. The van der Waals surface area contributed by atoms with E-state index in [4.69, 9.17) is 10.4 Å². The second-order valence-electron chi connectivity index (χ2n) is 4.14. The molecule has 0 aliphatic rings. The molecule has 0 saturated heterocycles. The van der Waals surface area contributed by atoms with Gasteiger partial charge >= 0.3 is 5.97 Å². The molecule has 0 aliphatic carbocycles. The van der Waals surface area contributed by atoms with Gasteiger partial charge in [0.1, 0.15) is 5.92 Å². The number of carbonyl (C=O) groups is 2. The molecule has 5 heteroatoms. The Morgan fingerprint density at radius 3 is 2.28 bits per heavy atom. The average Bonchev–Trinajstić information content (AvgIpc) is 2.35. The van der Waals surface area contributed by atoms with Gasteiger partial charge in [-0.05, 0) is 24.1 Å². The van der Waals surface area contributed by atoms with Crippen LogP contribution in [0.2, 0.25) is 0 Å². The van der Waals surface area contributed by atoms with Crippen molar-refractivity contribution in [1.82, 2.24) is 4.90 Å². The van der Waals surface area contributed by atoms with Crippen LogP contribution in [0.25, 0.3) is 0 Å². The summed E-state index contributed by atoms with van der Waals surface area (Å²) in [5.41, 5.74) is 1.22. The lowest BCUT2D eigenvalue weighted by molar-refractivity contribution is -0.150. The Morgan fingerprint density at radius 1 is 1.33 bits per heavy atom. The van der Waals surface area contributed by atoms with Crippen LogP contribution in [0, 0.1) is 17.2 Å². The van der Waals surface area contributed by atoms with Gasteiger partial charge in [0.25, 0.3) is 0 Å². The van der Waals surface area contributed by atoms with Gasteiger partial charge in [0, 0.05) is 14.1 Å². The predicted molar refractivity (Wildman–Crippen MR) is 64.7 cm³/mol. The first-order valence-electron chi connectivity index (χ1n) is 5.38. The summed E-state index contributed by atoms with van der Waals surface area (Å²) < 4.78 is 0. The molecule has 5 nitrogen and oxygen atoms in total. The Morgan fingerprint density at radius 2 is 1.89 bits per heavy atom. The summed E-state index contributed by atoms with van der Waals surface area (Å²) in [6.07, 6.45) is 0.123. The third-order valence-corrected chi connectivity index (χ3v) is 2.56.